The lowest BCUT2D eigenvalue weighted by atomic mass is 9.95. The van der Waals surface area contributed by atoms with Crippen molar-refractivity contribution < 1.29 is 24.2 Å². The molecule has 0 bridgehead atoms. The SMILES string of the molecule is COC(=O)CC(C(=O)OC)c1cc(Cl)ccc1O. The van der Waals surface area contributed by atoms with E-state index in [0.717, 1.165) is 0 Å². The number of benzene rings is 1. The fourth-order valence-electron chi connectivity index (χ4n) is 1.52. The molecule has 0 aliphatic rings. The Morgan fingerprint density at radius 3 is 2.56 bits per heavy atom. The van der Waals surface area contributed by atoms with Crippen LogP contribution in [0.25, 0.3) is 0 Å². The van der Waals surface area contributed by atoms with E-state index >= 15 is 0 Å². The van der Waals surface area contributed by atoms with E-state index in [4.69, 9.17) is 11.6 Å². The van der Waals surface area contributed by atoms with E-state index in [1.807, 2.05) is 0 Å². The number of methoxy groups -OCH3 is 2. The Balaban J connectivity index is 3.12. The summed E-state index contributed by atoms with van der Waals surface area (Å²) in [5, 5.41) is 10.1. The monoisotopic (exact) mass is 272 g/mol. The lowest BCUT2D eigenvalue weighted by Gasteiger charge is -2.15. The van der Waals surface area contributed by atoms with E-state index in [1.54, 1.807) is 0 Å². The Morgan fingerprint density at radius 2 is 2.00 bits per heavy atom. The molecule has 6 heteroatoms. The number of phenols is 1. The van der Waals surface area contributed by atoms with Crippen LogP contribution in [0.4, 0.5) is 0 Å². The van der Waals surface area contributed by atoms with Crippen molar-refractivity contribution in [2.75, 3.05) is 14.2 Å². The second-order valence-electron chi connectivity index (χ2n) is 3.56. The summed E-state index contributed by atoms with van der Waals surface area (Å²) in [5.74, 6) is -2.29. The number of phenolic OH excluding ortho intramolecular Hbond substituents is 1. The normalized spacial score (nSPS) is 11.7. The molecule has 0 saturated heterocycles. The van der Waals surface area contributed by atoms with Crippen LogP contribution in [0.3, 0.4) is 0 Å². The Bertz CT molecular complexity index is 458. The summed E-state index contributed by atoms with van der Waals surface area (Å²) >= 11 is 5.80. The minimum Gasteiger partial charge on any atom is -0.508 e. The molecule has 0 spiro atoms. The maximum absolute atomic E-state index is 11.6. The van der Waals surface area contributed by atoms with Gasteiger partial charge in [-0.15, -0.1) is 0 Å². The summed E-state index contributed by atoms with van der Waals surface area (Å²) in [6.45, 7) is 0. The average Bonchev–Trinajstić information content (AvgIpc) is 2.37. The molecule has 0 heterocycles. The number of aromatic hydroxyl groups is 1. The molecule has 0 fully saturated rings. The van der Waals surface area contributed by atoms with Crippen LogP contribution in [0.5, 0.6) is 5.75 Å². The fraction of sp³-hybridized carbons (Fsp3) is 0.333. The molecule has 0 amide bonds. The first-order chi connectivity index (χ1) is 8.49. The van der Waals surface area contributed by atoms with Crippen molar-refractivity contribution in [1.29, 1.82) is 0 Å². The summed E-state index contributed by atoms with van der Waals surface area (Å²) in [4.78, 5) is 22.9. The van der Waals surface area contributed by atoms with E-state index in [1.165, 1.54) is 32.4 Å². The molecule has 0 aromatic heterocycles. The van der Waals surface area contributed by atoms with Gasteiger partial charge < -0.3 is 14.6 Å². The number of carbonyl (C=O) groups is 2. The van der Waals surface area contributed by atoms with E-state index in [-0.39, 0.29) is 17.7 Å². The molecule has 1 aromatic rings. The maximum Gasteiger partial charge on any atom is 0.313 e. The minimum atomic E-state index is -0.943. The van der Waals surface area contributed by atoms with Gasteiger partial charge in [0.2, 0.25) is 0 Å². The number of ether oxygens (including phenoxy) is 2. The van der Waals surface area contributed by atoms with Crippen molar-refractivity contribution in [2.45, 2.75) is 12.3 Å². The Hall–Kier alpha value is -1.75. The third-order valence-corrected chi connectivity index (χ3v) is 2.68. The van der Waals surface area contributed by atoms with Gasteiger partial charge in [-0.1, -0.05) is 11.6 Å². The number of rotatable bonds is 4. The highest BCUT2D eigenvalue weighted by Crippen LogP contribution is 2.31. The molecule has 0 aliphatic carbocycles. The smallest absolute Gasteiger partial charge is 0.313 e. The molecule has 5 nitrogen and oxygen atoms in total. The molecule has 1 rings (SSSR count). The van der Waals surface area contributed by atoms with Crippen molar-refractivity contribution >= 4 is 23.5 Å². The molecular formula is C12H13ClO5. The van der Waals surface area contributed by atoms with Crippen molar-refractivity contribution in [3.63, 3.8) is 0 Å². The zero-order valence-corrected chi connectivity index (χ0v) is 10.7. The zero-order chi connectivity index (χ0) is 13.7. The molecule has 0 radical (unpaired) electrons. The summed E-state index contributed by atoms with van der Waals surface area (Å²) in [6.07, 6.45) is -0.225. The van der Waals surface area contributed by atoms with Gasteiger partial charge in [-0.05, 0) is 18.2 Å². The van der Waals surface area contributed by atoms with Gasteiger partial charge in [0.25, 0.3) is 0 Å². The van der Waals surface area contributed by atoms with Crippen LogP contribution in [0.2, 0.25) is 5.02 Å². The highest BCUT2D eigenvalue weighted by Gasteiger charge is 2.27. The Morgan fingerprint density at radius 1 is 1.33 bits per heavy atom. The first-order valence-corrected chi connectivity index (χ1v) is 5.50. The topological polar surface area (TPSA) is 72.8 Å². The maximum atomic E-state index is 11.6. The molecule has 18 heavy (non-hydrogen) atoms. The van der Waals surface area contributed by atoms with Gasteiger partial charge >= 0.3 is 11.9 Å². The summed E-state index contributed by atoms with van der Waals surface area (Å²) in [5.41, 5.74) is 0.236. The first kappa shape index (κ1) is 14.3. The molecule has 1 unspecified atom stereocenters. The van der Waals surface area contributed by atoms with Gasteiger partial charge in [-0.2, -0.15) is 0 Å². The third-order valence-electron chi connectivity index (χ3n) is 2.45. The van der Waals surface area contributed by atoms with E-state index < -0.39 is 17.9 Å². The largest absolute Gasteiger partial charge is 0.508 e. The van der Waals surface area contributed by atoms with Crippen molar-refractivity contribution in [3.8, 4) is 5.75 Å². The molecule has 0 aliphatic heterocycles. The van der Waals surface area contributed by atoms with Gasteiger partial charge in [-0.25, -0.2) is 0 Å². The number of hydrogen-bond donors (Lipinski definition) is 1. The lowest BCUT2D eigenvalue weighted by Crippen LogP contribution is -2.19. The molecule has 1 atom stereocenters. The molecular weight excluding hydrogens is 260 g/mol. The standard InChI is InChI=1S/C12H13ClO5/c1-17-11(15)6-9(12(16)18-2)8-5-7(13)3-4-10(8)14/h3-5,9,14H,6H2,1-2H3. The van der Waals surface area contributed by atoms with E-state index in [0.29, 0.717) is 5.02 Å². The molecule has 98 valence electrons. The molecule has 1 aromatic carbocycles. The second-order valence-corrected chi connectivity index (χ2v) is 4.00. The number of esters is 2. The molecule has 0 saturated carbocycles. The summed E-state index contributed by atoms with van der Waals surface area (Å²) < 4.78 is 9.11. The number of carbonyl (C=O) groups excluding carboxylic acids is 2. The van der Waals surface area contributed by atoms with Crippen LogP contribution in [0.15, 0.2) is 18.2 Å². The van der Waals surface area contributed by atoms with Crippen LogP contribution < -0.4 is 0 Å². The predicted molar refractivity (Wildman–Crippen MR) is 64.5 cm³/mol. The van der Waals surface area contributed by atoms with Crippen LogP contribution in [0, 0.1) is 0 Å². The second kappa shape index (κ2) is 6.26. The quantitative estimate of drug-likeness (QED) is 0.847. The third kappa shape index (κ3) is 3.37. The number of hydrogen-bond acceptors (Lipinski definition) is 5. The van der Waals surface area contributed by atoms with Crippen molar-refractivity contribution in [3.05, 3.63) is 28.8 Å². The Labute approximate surface area is 109 Å². The lowest BCUT2D eigenvalue weighted by molar-refractivity contribution is -0.149. The van der Waals surface area contributed by atoms with Crippen LogP contribution >= 0.6 is 11.6 Å². The molecule has 1 N–H and O–H groups in total. The fourth-order valence-corrected chi connectivity index (χ4v) is 1.70. The van der Waals surface area contributed by atoms with Gasteiger partial charge in [0.1, 0.15) is 5.75 Å². The van der Waals surface area contributed by atoms with Crippen LogP contribution in [0.1, 0.15) is 17.9 Å². The van der Waals surface area contributed by atoms with Crippen LogP contribution in [-0.4, -0.2) is 31.3 Å². The zero-order valence-electron chi connectivity index (χ0n) is 9.97. The summed E-state index contributed by atoms with van der Waals surface area (Å²) in [7, 11) is 2.42. The Kier molecular flexibility index (Phi) is 4.97. The van der Waals surface area contributed by atoms with Crippen molar-refractivity contribution in [1.82, 2.24) is 0 Å². The van der Waals surface area contributed by atoms with Crippen molar-refractivity contribution in [2.24, 2.45) is 0 Å². The highest BCUT2D eigenvalue weighted by molar-refractivity contribution is 6.30. The number of halogens is 1. The van der Waals surface area contributed by atoms with E-state index in [9.17, 15) is 14.7 Å². The average molecular weight is 273 g/mol. The first-order valence-electron chi connectivity index (χ1n) is 5.12. The highest BCUT2D eigenvalue weighted by atomic mass is 35.5. The van der Waals surface area contributed by atoms with Gasteiger partial charge in [0.05, 0.1) is 26.6 Å². The minimum absolute atomic E-state index is 0.126. The van der Waals surface area contributed by atoms with Crippen LogP contribution in [-0.2, 0) is 19.1 Å². The van der Waals surface area contributed by atoms with Gasteiger partial charge in [0.15, 0.2) is 0 Å². The van der Waals surface area contributed by atoms with Gasteiger partial charge in [-0.3, -0.25) is 9.59 Å². The predicted octanol–water partition coefficient (Wildman–Crippen LogP) is 1.87. The van der Waals surface area contributed by atoms with Gasteiger partial charge in [0, 0.05) is 10.6 Å². The summed E-state index contributed by atoms with van der Waals surface area (Å²) in [6, 6.07) is 4.25. The van der Waals surface area contributed by atoms with E-state index in [2.05, 4.69) is 9.47 Å².